The topological polar surface area (TPSA) is 49.4 Å². The molecular formula is C14H24N2O2S2. The fourth-order valence-electron chi connectivity index (χ4n) is 2.24. The summed E-state index contributed by atoms with van der Waals surface area (Å²) >= 11 is 1.51. The third-order valence-corrected chi connectivity index (χ3v) is 6.92. The number of sulfonamides is 1. The monoisotopic (exact) mass is 316 g/mol. The van der Waals surface area contributed by atoms with E-state index in [4.69, 9.17) is 0 Å². The third kappa shape index (κ3) is 3.61. The lowest BCUT2D eigenvalue weighted by atomic mass is 10.2. The van der Waals surface area contributed by atoms with Crippen LogP contribution in [0.4, 0.5) is 0 Å². The Labute approximate surface area is 126 Å². The minimum atomic E-state index is -3.34. The van der Waals surface area contributed by atoms with Crippen molar-refractivity contribution in [2.75, 3.05) is 13.6 Å². The zero-order chi connectivity index (χ0) is 14.8. The maximum Gasteiger partial charge on any atom is 0.243 e. The number of thiophene rings is 1. The first kappa shape index (κ1) is 15.9. The molecule has 114 valence electrons. The summed E-state index contributed by atoms with van der Waals surface area (Å²) in [5, 5.41) is 5.06. The Hall–Kier alpha value is -0.430. The minimum Gasteiger partial charge on any atom is -0.312 e. The standard InChI is InChI=1S/C14H24N2O2S2/c1-4-7-15-9-13-8-14(10-19-13)20(17,18)16(3)11(2)12-5-6-12/h8,10-12,15H,4-7,9H2,1-3H3. The molecule has 4 nitrogen and oxygen atoms in total. The summed E-state index contributed by atoms with van der Waals surface area (Å²) in [4.78, 5) is 1.51. The summed E-state index contributed by atoms with van der Waals surface area (Å²) in [6.45, 7) is 5.82. The Kier molecular flexibility index (Phi) is 5.23. The van der Waals surface area contributed by atoms with Crippen LogP contribution in [0.25, 0.3) is 0 Å². The van der Waals surface area contributed by atoms with Crippen molar-refractivity contribution in [1.82, 2.24) is 9.62 Å². The number of nitrogens with one attached hydrogen (secondary N) is 1. The summed E-state index contributed by atoms with van der Waals surface area (Å²) < 4.78 is 26.7. The van der Waals surface area contributed by atoms with Crippen LogP contribution >= 0.6 is 11.3 Å². The minimum absolute atomic E-state index is 0.0987. The van der Waals surface area contributed by atoms with Gasteiger partial charge in [0, 0.05) is 29.9 Å². The van der Waals surface area contributed by atoms with Crippen LogP contribution in [0.5, 0.6) is 0 Å². The Morgan fingerprint density at radius 1 is 1.50 bits per heavy atom. The zero-order valence-electron chi connectivity index (χ0n) is 12.4. The maximum atomic E-state index is 12.6. The van der Waals surface area contributed by atoms with Gasteiger partial charge in [0.25, 0.3) is 0 Å². The van der Waals surface area contributed by atoms with Crippen LogP contribution in [0.1, 0.15) is 38.0 Å². The first-order valence-corrected chi connectivity index (χ1v) is 9.55. The van der Waals surface area contributed by atoms with Gasteiger partial charge in [0.05, 0.1) is 4.90 Å². The van der Waals surface area contributed by atoms with Gasteiger partial charge < -0.3 is 5.32 Å². The second kappa shape index (κ2) is 6.56. The first-order chi connectivity index (χ1) is 9.46. The summed E-state index contributed by atoms with van der Waals surface area (Å²) in [6, 6.07) is 1.90. The van der Waals surface area contributed by atoms with E-state index in [9.17, 15) is 8.42 Å². The Morgan fingerprint density at radius 3 is 2.80 bits per heavy atom. The Bertz CT molecular complexity index is 535. The number of hydrogen-bond donors (Lipinski definition) is 1. The van der Waals surface area contributed by atoms with Crippen molar-refractivity contribution >= 4 is 21.4 Å². The van der Waals surface area contributed by atoms with E-state index in [2.05, 4.69) is 12.2 Å². The van der Waals surface area contributed by atoms with Crippen LogP contribution in [0.3, 0.4) is 0 Å². The molecule has 0 bridgehead atoms. The highest BCUT2D eigenvalue weighted by molar-refractivity contribution is 7.89. The highest BCUT2D eigenvalue weighted by atomic mass is 32.2. The normalized spacial score (nSPS) is 17.6. The molecule has 0 aliphatic heterocycles. The van der Waals surface area contributed by atoms with Crippen molar-refractivity contribution in [1.29, 1.82) is 0 Å². The van der Waals surface area contributed by atoms with Crippen LogP contribution in [-0.4, -0.2) is 32.4 Å². The third-order valence-electron chi connectivity index (χ3n) is 3.91. The van der Waals surface area contributed by atoms with Gasteiger partial charge in [-0.15, -0.1) is 11.3 Å². The lowest BCUT2D eigenvalue weighted by Gasteiger charge is -2.23. The van der Waals surface area contributed by atoms with Gasteiger partial charge in [0.1, 0.15) is 0 Å². The number of rotatable bonds is 8. The van der Waals surface area contributed by atoms with E-state index in [0.29, 0.717) is 10.8 Å². The largest absolute Gasteiger partial charge is 0.312 e. The van der Waals surface area contributed by atoms with Gasteiger partial charge in [-0.1, -0.05) is 6.92 Å². The van der Waals surface area contributed by atoms with Gasteiger partial charge >= 0.3 is 0 Å². The van der Waals surface area contributed by atoms with Crippen molar-refractivity contribution < 1.29 is 8.42 Å². The Morgan fingerprint density at radius 2 is 2.20 bits per heavy atom. The molecule has 1 aromatic heterocycles. The molecule has 0 spiro atoms. The quantitative estimate of drug-likeness (QED) is 0.750. The predicted molar refractivity (Wildman–Crippen MR) is 83.5 cm³/mol. The van der Waals surface area contributed by atoms with Gasteiger partial charge in [0.2, 0.25) is 10.0 Å². The SMILES string of the molecule is CCCNCc1cc(S(=O)(=O)N(C)C(C)C2CC2)cs1. The number of nitrogens with zero attached hydrogens (tertiary/aromatic N) is 1. The van der Waals surface area contributed by atoms with Crippen molar-refractivity contribution in [3.63, 3.8) is 0 Å². The molecule has 1 aromatic rings. The molecule has 0 aromatic carbocycles. The molecule has 0 saturated heterocycles. The van der Waals surface area contributed by atoms with Crippen molar-refractivity contribution in [2.45, 2.75) is 50.6 Å². The highest BCUT2D eigenvalue weighted by Crippen LogP contribution is 2.36. The molecule has 1 saturated carbocycles. The van der Waals surface area contributed by atoms with Crippen LogP contribution in [0.15, 0.2) is 16.3 Å². The van der Waals surface area contributed by atoms with E-state index in [1.165, 1.54) is 15.6 Å². The summed E-state index contributed by atoms with van der Waals surface area (Å²) in [7, 11) is -1.64. The van der Waals surface area contributed by atoms with Gasteiger partial charge in [-0.2, -0.15) is 4.31 Å². The molecular weight excluding hydrogens is 292 g/mol. The van der Waals surface area contributed by atoms with Gasteiger partial charge in [0.15, 0.2) is 0 Å². The van der Waals surface area contributed by atoms with E-state index in [0.717, 1.165) is 37.2 Å². The van der Waals surface area contributed by atoms with E-state index in [-0.39, 0.29) is 6.04 Å². The average molecular weight is 316 g/mol. The molecule has 6 heteroatoms. The van der Waals surface area contributed by atoms with Crippen LogP contribution in [-0.2, 0) is 16.6 Å². The lowest BCUT2D eigenvalue weighted by molar-refractivity contribution is 0.357. The molecule has 2 rings (SSSR count). The fraction of sp³-hybridized carbons (Fsp3) is 0.714. The summed E-state index contributed by atoms with van der Waals surface area (Å²) in [6.07, 6.45) is 3.38. The van der Waals surface area contributed by atoms with E-state index >= 15 is 0 Å². The molecule has 1 fully saturated rings. The average Bonchev–Trinajstić information content (AvgIpc) is 3.16. The molecule has 0 radical (unpaired) electrons. The lowest BCUT2D eigenvalue weighted by Crippen LogP contribution is -2.36. The van der Waals surface area contributed by atoms with Crippen LogP contribution in [0, 0.1) is 5.92 Å². The second-order valence-electron chi connectivity index (χ2n) is 5.52. The Balaban J connectivity index is 2.05. The van der Waals surface area contributed by atoms with E-state index in [1.54, 1.807) is 18.5 Å². The molecule has 1 unspecified atom stereocenters. The van der Waals surface area contributed by atoms with Gasteiger partial charge in [-0.3, -0.25) is 0 Å². The van der Waals surface area contributed by atoms with Crippen molar-refractivity contribution in [3.05, 3.63) is 16.3 Å². The summed E-state index contributed by atoms with van der Waals surface area (Å²) in [5.41, 5.74) is 0. The van der Waals surface area contributed by atoms with Crippen LogP contribution < -0.4 is 5.32 Å². The zero-order valence-corrected chi connectivity index (χ0v) is 14.1. The van der Waals surface area contributed by atoms with Crippen molar-refractivity contribution in [3.8, 4) is 0 Å². The second-order valence-corrected chi connectivity index (χ2v) is 8.52. The fourth-order valence-corrected chi connectivity index (χ4v) is 4.89. The smallest absolute Gasteiger partial charge is 0.243 e. The molecule has 1 heterocycles. The van der Waals surface area contributed by atoms with Gasteiger partial charge in [-0.05, 0) is 44.7 Å². The van der Waals surface area contributed by atoms with E-state index < -0.39 is 10.0 Å². The molecule has 20 heavy (non-hydrogen) atoms. The van der Waals surface area contributed by atoms with E-state index in [1.807, 2.05) is 6.92 Å². The molecule has 1 atom stereocenters. The molecule has 1 N–H and O–H groups in total. The highest BCUT2D eigenvalue weighted by Gasteiger charge is 2.36. The summed E-state index contributed by atoms with van der Waals surface area (Å²) in [5.74, 6) is 0.541. The maximum absolute atomic E-state index is 12.6. The predicted octanol–water partition coefficient (Wildman–Crippen LogP) is 2.67. The van der Waals surface area contributed by atoms with Crippen molar-refractivity contribution in [2.24, 2.45) is 5.92 Å². The van der Waals surface area contributed by atoms with Crippen LogP contribution in [0.2, 0.25) is 0 Å². The van der Waals surface area contributed by atoms with Gasteiger partial charge in [-0.25, -0.2) is 8.42 Å². The number of hydrogen-bond acceptors (Lipinski definition) is 4. The molecule has 0 amide bonds. The first-order valence-electron chi connectivity index (χ1n) is 7.23. The molecule has 1 aliphatic rings. The molecule has 1 aliphatic carbocycles.